The van der Waals surface area contributed by atoms with Gasteiger partial charge < -0.3 is 0 Å². The van der Waals surface area contributed by atoms with Gasteiger partial charge in [0.05, 0.1) is 0 Å². The predicted octanol–water partition coefficient (Wildman–Crippen LogP) is 2.88. The zero-order chi connectivity index (χ0) is 9.28. The van der Waals surface area contributed by atoms with Crippen LogP contribution in [0.4, 0.5) is 8.78 Å². The maximum Gasteiger partial charge on any atom is 0.390 e. The van der Waals surface area contributed by atoms with E-state index in [-0.39, 0.29) is 0 Å². The highest BCUT2D eigenvalue weighted by molar-refractivity contribution is 8.15. The molecule has 0 aliphatic heterocycles. The minimum absolute atomic E-state index is 0.518. The van der Waals surface area contributed by atoms with Crippen LogP contribution >= 0.6 is 23.4 Å². The Morgan fingerprint density at radius 3 is 1.82 bits per heavy atom. The average Bonchev–Trinajstić information content (AvgIpc) is 1.56. The largest absolute Gasteiger partial charge is 0.390 e. The maximum absolute atomic E-state index is 12.0. The number of rotatable bonds is 1. The van der Waals surface area contributed by atoms with Crippen LogP contribution < -0.4 is 0 Å². The first-order valence-electron chi connectivity index (χ1n) is 2.93. The summed E-state index contributed by atoms with van der Waals surface area (Å²) >= 11 is 5.03. The monoisotopic (exact) mass is 202 g/mol. The molecule has 0 saturated heterocycles. The van der Waals surface area contributed by atoms with Crippen molar-refractivity contribution in [3.05, 3.63) is 0 Å². The molecule has 0 amide bonds. The highest BCUT2D eigenvalue weighted by Crippen LogP contribution is 2.33. The van der Waals surface area contributed by atoms with Crippen molar-refractivity contribution in [1.82, 2.24) is 0 Å². The Morgan fingerprint density at radius 2 is 1.73 bits per heavy atom. The molecule has 0 spiro atoms. The van der Waals surface area contributed by atoms with Gasteiger partial charge in [-0.3, -0.25) is 4.79 Å². The first-order valence-corrected chi connectivity index (χ1v) is 4.12. The van der Waals surface area contributed by atoms with Gasteiger partial charge in [0.2, 0.25) is 0 Å². The van der Waals surface area contributed by atoms with Crippen LogP contribution in [-0.2, 0) is 4.79 Å². The Kier molecular flexibility index (Phi) is 3.32. The van der Waals surface area contributed by atoms with Crippen LogP contribution in [-0.4, -0.2) is 15.2 Å². The third kappa shape index (κ3) is 5.44. The Morgan fingerprint density at radius 1 is 1.36 bits per heavy atom. The lowest BCUT2D eigenvalue weighted by atomic mass is 10.3. The van der Waals surface area contributed by atoms with Crippen LogP contribution in [0.1, 0.15) is 20.8 Å². The number of hydrogen-bond donors (Lipinski definition) is 0. The minimum Gasteiger partial charge on any atom is -0.279 e. The van der Waals surface area contributed by atoms with Gasteiger partial charge in [-0.15, -0.1) is 0 Å². The molecule has 1 nitrogen and oxygen atoms in total. The molecule has 0 aromatic rings. The van der Waals surface area contributed by atoms with Crippen molar-refractivity contribution in [3.8, 4) is 0 Å². The van der Waals surface area contributed by atoms with Crippen LogP contribution in [0.2, 0.25) is 0 Å². The summed E-state index contributed by atoms with van der Waals surface area (Å²) in [6, 6.07) is 0. The summed E-state index contributed by atoms with van der Waals surface area (Å²) in [4.78, 5) is 10.6. The molecule has 0 N–H and O–H groups in total. The van der Waals surface area contributed by atoms with Gasteiger partial charge in [0.15, 0.2) is 0 Å². The Bertz CT molecular complexity index is 159. The zero-order valence-corrected chi connectivity index (χ0v) is 8.02. The molecule has 0 aliphatic carbocycles. The highest BCUT2D eigenvalue weighted by atomic mass is 35.5. The molecular weight excluding hydrogens is 194 g/mol. The number of halogens is 3. The molecule has 66 valence electrons. The summed E-state index contributed by atoms with van der Waals surface area (Å²) in [7, 11) is 0. The van der Waals surface area contributed by atoms with Crippen LogP contribution in [0, 0.1) is 0 Å². The average molecular weight is 203 g/mol. The number of alkyl halides is 3. The molecule has 0 rings (SSSR count). The van der Waals surface area contributed by atoms with Crippen LogP contribution in [0.3, 0.4) is 0 Å². The van der Waals surface area contributed by atoms with Crippen molar-refractivity contribution in [3.63, 3.8) is 0 Å². The van der Waals surface area contributed by atoms with Gasteiger partial charge in [0.1, 0.15) is 0 Å². The van der Waals surface area contributed by atoms with Gasteiger partial charge in [-0.1, -0.05) is 32.5 Å². The van der Waals surface area contributed by atoms with Crippen molar-refractivity contribution in [1.29, 1.82) is 0 Å². The van der Waals surface area contributed by atoms with Gasteiger partial charge in [-0.25, -0.2) is 0 Å². The number of carbonyl (C=O) groups is 1. The lowest BCUT2D eigenvalue weighted by Crippen LogP contribution is -2.23. The van der Waals surface area contributed by atoms with Crippen LogP contribution in [0.25, 0.3) is 0 Å². The molecule has 0 heterocycles. The smallest absolute Gasteiger partial charge is 0.279 e. The number of carbonyl (C=O) groups excluding carboxylic acids is 1. The van der Waals surface area contributed by atoms with Crippen LogP contribution in [0.15, 0.2) is 0 Å². The topological polar surface area (TPSA) is 17.1 Å². The van der Waals surface area contributed by atoms with E-state index in [1.807, 2.05) is 0 Å². The van der Waals surface area contributed by atoms with E-state index in [2.05, 4.69) is 11.6 Å². The molecule has 0 aromatic heterocycles. The van der Waals surface area contributed by atoms with Gasteiger partial charge in [0, 0.05) is 4.75 Å². The molecule has 0 saturated carbocycles. The molecule has 0 unspecified atom stereocenters. The number of hydrogen-bond acceptors (Lipinski definition) is 2. The summed E-state index contributed by atoms with van der Waals surface area (Å²) in [6.07, 6.45) is 0. The van der Waals surface area contributed by atoms with E-state index in [0.717, 1.165) is 0 Å². The van der Waals surface area contributed by atoms with Crippen molar-refractivity contribution < 1.29 is 13.6 Å². The molecule has 0 aliphatic rings. The highest BCUT2D eigenvalue weighted by Gasteiger charge is 2.38. The molecule has 5 heteroatoms. The summed E-state index contributed by atoms with van der Waals surface area (Å²) in [5.41, 5.74) is 0. The molecule has 0 bridgehead atoms. The minimum atomic E-state index is -3.74. The standard InChI is InChI=1S/C6H9ClF2OS/c1-5(2,3)11-4(10)6(7,8)9/h1-3H3. The lowest BCUT2D eigenvalue weighted by Gasteiger charge is -2.17. The van der Waals surface area contributed by atoms with Gasteiger partial charge in [-0.2, -0.15) is 8.78 Å². The van der Waals surface area contributed by atoms with Crippen LogP contribution in [0.5, 0.6) is 0 Å². The molecule has 0 aromatic carbocycles. The second-order valence-electron chi connectivity index (χ2n) is 3.00. The first-order chi connectivity index (χ1) is 4.63. The Hall–Kier alpha value is 0.170. The van der Waals surface area contributed by atoms with E-state index in [9.17, 15) is 13.6 Å². The molecule has 0 atom stereocenters. The van der Waals surface area contributed by atoms with E-state index >= 15 is 0 Å². The van der Waals surface area contributed by atoms with Gasteiger partial charge in [0.25, 0.3) is 5.12 Å². The second-order valence-corrected chi connectivity index (χ2v) is 5.27. The van der Waals surface area contributed by atoms with Gasteiger partial charge >= 0.3 is 5.38 Å². The van der Waals surface area contributed by atoms with Crippen molar-refractivity contribution in [2.45, 2.75) is 30.9 Å². The fourth-order valence-corrected chi connectivity index (χ4v) is 1.12. The molecule has 0 radical (unpaired) electrons. The maximum atomic E-state index is 12.0. The molecular formula is C6H9ClF2OS. The van der Waals surface area contributed by atoms with E-state index in [1.165, 1.54) is 0 Å². The fraction of sp³-hybridized carbons (Fsp3) is 0.833. The van der Waals surface area contributed by atoms with E-state index in [4.69, 9.17) is 0 Å². The quantitative estimate of drug-likeness (QED) is 0.609. The van der Waals surface area contributed by atoms with Crippen molar-refractivity contribution in [2.75, 3.05) is 0 Å². The third-order valence-electron chi connectivity index (χ3n) is 0.630. The predicted molar refractivity (Wildman–Crippen MR) is 43.2 cm³/mol. The summed E-state index contributed by atoms with van der Waals surface area (Å²) in [5.74, 6) is 0. The summed E-state index contributed by atoms with van der Waals surface area (Å²) < 4.78 is 23.6. The SMILES string of the molecule is CC(C)(C)SC(=O)C(F)(F)Cl. The van der Waals surface area contributed by atoms with E-state index < -0.39 is 15.2 Å². The Labute approximate surface area is 73.5 Å². The van der Waals surface area contributed by atoms with Gasteiger partial charge in [-0.05, 0) is 11.6 Å². The second kappa shape index (κ2) is 3.27. The fourth-order valence-electron chi connectivity index (χ4n) is 0.336. The normalized spacial score (nSPS) is 13.3. The summed E-state index contributed by atoms with van der Waals surface area (Å²) in [6.45, 7) is 4.99. The lowest BCUT2D eigenvalue weighted by molar-refractivity contribution is -0.124. The zero-order valence-electron chi connectivity index (χ0n) is 6.45. The van der Waals surface area contributed by atoms with E-state index in [0.29, 0.717) is 11.8 Å². The Balaban J connectivity index is 4.11. The molecule has 0 fully saturated rings. The summed E-state index contributed by atoms with van der Waals surface area (Å²) in [5, 5.41) is -5.04. The molecule has 11 heavy (non-hydrogen) atoms. The van der Waals surface area contributed by atoms with Crippen molar-refractivity contribution in [2.24, 2.45) is 0 Å². The van der Waals surface area contributed by atoms with Crippen molar-refractivity contribution >= 4 is 28.5 Å². The first kappa shape index (κ1) is 11.2. The van der Waals surface area contributed by atoms with E-state index in [1.54, 1.807) is 20.8 Å². The number of thioether (sulfide) groups is 1. The third-order valence-corrected chi connectivity index (χ3v) is 1.97.